The van der Waals surface area contributed by atoms with E-state index in [-0.39, 0.29) is 24.2 Å². The summed E-state index contributed by atoms with van der Waals surface area (Å²) in [6.07, 6.45) is 6.31. The number of carbonyl (C=O) groups is 1. The topological polar surface area (TPSA) is 50.6 Å². The second kappa shape index (κ2) is 8.35. The monoisotopic (exact) mass is 446 g/mol. The minimum Gasteiger partial charge on any atom is -0.373 e. The standard InChI is InChI=1S/C21H27BrN4O2/c1-15-11-24(12-16(2)28-15)14-20-4-3-9-25(20)21(27)17-5-7-19(8-6-17)26-13-18(22)10-23-26/h5-8,10,13,15-16,20H,3-4,9,11-12,14H2,1-2H3. The van der Waals surface area contributed by atoms with E-state index in [0.29, 0.717) is 0 Å². The molecule has 7 heteroatoms. The van der Waals surface area contributed by atoms with Gasteiger partial charge in [0.05, 0.1) is 28.6 Å². The van der Waals surface area contributed by atoms with Gasteiger partial charge in [0.15, 0.2) is 0 Å². The molecule has 2 saturated heterocycles. The van der Waals surface area contributed by atoms with Crippen LogP contribution in [0, 0.1) is 0 Å². The van der Waals surface area contributed by atoms with Crippen LogP contribution in [0.2, 0.25) is 0 Å². The van der Waals surface area contributed by atoms with Gasteiger partial charge in [-0.3, -0.25) is 9.69 Å². The predicted molar refractivity (Wildman–Crippen MR) is 112 cm³/mol. The van der Waals surface area contributed by atoms with Crippen LogP contribution >= 0.6 is 15.9 Å². The molecule has 28 heavy (non-hydrogen) atoms. The number of aromatic nitrogens is 2. The largest absolute Gasteiger partial charge is 0.373 e. The van der Waals surface area contributed by atoms with Crippen molar-refractivity contribution in [3.05, 3.63) is 46.7 Å². The fourth-order valence-electron chi connectivity index (χ4n) is 4.39. The number of nitrogens with zero attached hydrogens (tertiary/aromatic N) is 4. The van der Waals surface area contributed by atoms with Crippen molar-refractivity contribution < 1.29 is 9.53 Å². The van der Waals surface area contributed by atoms with Crippen LogP contribution in [-0.2, 0) is 4.74 Å². The number of halogens is 1. The van der Waals surface area contributed by atoms with Crippen molar-refractivity contribution in [2.45, 2.75) is 44.9 Å². The molecule has 1 aromatic heterocycles. The second-order valence-electron chi connectivity index (χ2n) is 7.92. The summed E-state index contributed by atoms with van der Waals surface area (Å²) < 4.78 is 8.56. The molecule has 2 fully saturated rings. The summed E-state index contributed by atoms with van der Waals surface area (Å²) in [5.41, 5.74) is 1.68. The Balaban J connectivity index is 1.43. The zero-order chi connectivity index (χ0) is 19.7. The molecule has 3 heterocycles. The quantitative estimate of drug-likeness (QED) is 0.722. The number of carbonyl (C=O) groups excluding carboxylic acids is 1. The predicted octanol–water partition coefficient (Wildman–Crippen LogP) is 3.35. The summed E-state index contributed by atoms with van der Waals surface area (Å²) in [5.74, 6) is 0.130. The molecule has 3 unspecified atom stereocenters. The Morgan fingerprint density at radius 2 is 1.93 bits per heavy atom. The average molecular weight is 447 g/mol. The van der Waals surface area contributed by atoms with Crippen molar-refractivity contribution in [1.82, 2.24) is 19.6 Å². The van der Waals surface area contributed by atoms with E-state index in [1.807, 2.05) is 30.5 Å². The maximum absolute atomic E-state index is 13.1. The lowest BCUT2D eigenvalue weighted by Crippen LogP contribution is -2.50. The number of amides is 1. The molecule has 1 amide bonds. The molecule has 0 aliphatic carbocycles. The third-order valence-corrected chi connectivity index (χ3v) is 5.94. The summed E-state index contributed by atoms with van der Waals surface area (Å²) in [6, 6.07) is 7.99. The van der Waals surface area contributed by atoms with Gasteiger partial charge in [0.2, 0.25) is 0 Å². The molecular weight excluding hydrogens is 420 g/mol. The van der Waals surface area contributed by atoms with Gasteiger partial charge in [0, 0.05) is 44.0 Å². The number of ether oxygens (including phenoxy) is 1. The van der Waals surface area contributed by atoms with Crippen LogP contribution in [0.4, 0.5) is 0 Å². The molecule has 0 radical (unpaired) electrons. The van der Waals surface area contributed by atoms with Crippen LogP contribution in [-0.4, -0.2) is 69.9 Å². The number of hydrogen-bond donors (Lipinski definition) is 0. The summed E-state index contributed by atoms with van der Waals surface area (Å²) in [7, 11) is 0. The van der Waals surface area contributed by atoms with Crippen molar-refractivity contribution in [2.75, 3.05) is 26.2 Å². The second-order valence-corrected chi connectivity index (χ2v) is 8.84. The fraction of sp³-hybridized carbons (Fsp3) is 0.524. The maximum Gasteiger partial charge on any atom is 0.254 e. The highest BCUT2D eigenvalue weighted by Gasteiger charge is 2.32. The Bertz CT molecular complexity index is 812. The summed E-state index contributed by atoms with van der Waals surface area (Å²) in [5, 5.41) is 4.29. The molecule has 0 bridgehead atoms. The lowest BCUT2D eigenvalue weighted by atomic mass is 10.1. The smallest absolute Gasteiger partial charge is 0.254 e. The average Bonchev–Trinajstić information content (AvgIpc) is 3.29. The van der Waals surface area contributed by atoms with Crippen LogP contribution in [0.3, 0.4) is 0 Å². The SMILES string of the molecule is CC1CN(CC2CCCN2C(=O)c2ccc(-n3cc(Br)cn3)cc2)CC(C)O1. The van der Waals surface area contributed by atoms with Crippen molar-refractivity contribution in [3.63, 3.8) is 0 Å². The van der Waals surface area contributed by atoms with Crippen LogP contribution in [0.15, 0.2) is 41.1 Å². The molecular formula is C21H27BrN4O2. The molecule has 2 aliphatic rings. The Hall–Kier alpha value is -1.70. The maximum atomic E-state index is 13.1. The normalized spacial score (nSPS) is 26.0. The summed E-state index contributed by atoms with van der Waals surface area (Å²) in [6.45, 7) is 7.91. The van der Waals surface area contributed by atoms with Crippen molar-refractivity contribution >= 4 is 21.8 Å². The molecule has 0 spiro atoms. The van der Waals surface area contributed by atoms with E-state index in [4.69, 9.17) is 4.74 Å². The van der Waals surface area contributed by atoms with E-state index in [9.17, 15) is 4.79 Å². The Morgan fingerprint density at radius 1 is 1.21 bits per heavy atom. The molecule has 2 aromatic rings. The Labute approximate surface area is 174 Å². The van der Waals surface area contributed by atoms with E-state index >= 15 is 0 Å². The number of likely N-dealkylation sites (tertiary alicyclic amines) is 1. The van der Waals surface area contributed by atoms with E-state index in [0.717, 1.165) is 54.7 Å². The van der Waals surface area contributed by atoms with Gasteiger partial charge in [0.25, 0.3) is 5.91 Å². The minimum absolute atomic E-state index is 0.130. The van der Waals surface area contributed by atoms with Gasteiger partial charge in [0.1, 0.15) is 0 Å². The molecule has 6 nitrogen and oxygen atoms in total. The third kappa shape index (κ3) is 4.31. The molecule has 0 saturated carbocycles. The number of hydrogen-bond acceptors (Lipinski definition) is 4. The van der Waals surface area contributed by atoms with Gasteiger partial charge in [-0.2, -0.15) is 5.10 Å². The first-order valence-corrected chi connectivity index (χ1v) is 10.8. The molecule has 0 N–H and O–H groups in total. The molecule has 150 valence electrons. The Kier molecular flexibility index (Phi) is 5.85. The van der Waals surface area contributed by atoms with E-state index in [2.05, 4.69) is 44.7 Å². The molecule has 3 atom stereocenters. The first-order chi connectivity index (χ1) is 13.5. The van der Waals surface area contributed by atoms with Gasteiger partial charge >= 0.3 is 0 Å². The zero-order valence-electron chi connectivity index (χ0n) is 16.4. The first-order valence-electron chi connectivity index (χ1n) is 9.99. The highest BCUT2D eigenvalue weighted by atomic mass is 79.9. The van der Waals surface area contributed by atoms with E-state index in [1.54, 1.807) is 10.9 Å². The van der Waals surface area contributed by atoms with E-state index in [1.165, 1.54) is 0 Å². The summed E-state index contributed by atoms with van der Waals surface area (Å²) >= 11 is 3.41. The lowest BCUT2D eigenvalue weighted by molar-refractivity contribution is -0.0715. The van der Waals surface area contributed by atoms with Gasteiger partial charge in [-0.05, 0) is 66.9 Å². The van der Waals surface area contributed by atoms with Crippen LogP contribution in [0.25, 0.3) is 5.69 Å². The number of benzene rings is 1. The first kappa shape index (κ1) is 19.6. The highest BCUT2D eigenvalue weighted by Crippen LogP contribution is 2.23. The van der Waals surface area contributed by atoms with E-state index < -0.39 is 0 Å². The molecule has 4 rings (SSSR count). The van der Waals surface area contributed by atoms with Crippen molar-refractivity contribution in [1.29, 1.82) is 0 Å². The Morgan fingerprint density at radius 3 is 2.57 bits per heavy atom. The van der Waals surface area contributed by atoms with Gasteiger partial charge in [-0.1, -0.05) is 0 Å². The highest BCUT2D eigenvalue weighted by molar-refractivity contribution is 9.10. The van der Waals surface area contributed by atoms with Gasteiger partial charge in [-0.25, -0.2) is 4.68 Å². The van der Waals surface area contributed by atoms with Gasteiger partial charge in [-0.15, -0.1) is 0 Å². The fourth-order valence-corrected chi connectivity index (χ4v) is 4.67. The number of morpholine rings is 1. The summed E-state index contributed by atoms with van der Waals surface area (Å²) in [4.78, 5) is 17.6. The third-order valence-electron chi connectivity index (χ3n) is 5.53. The van der Waals surface area contributed by atoms with Crippen LogP contribution in [0.1, 0.15) is 37.0 Å². The van der Waals surface area contributed by atoms with Crippen LogP contribution < -0.4 is 0 Å². The molecule has 2 aliphatic heterocycles. The van der Waals surface area contributed by atoms with Gasteiger partial charge < -0.3 is 9.64 Å². The number of rotatable bonds is 4. The van der Waals surface area contributed by atoms with Crippen molar-refractivity contribution in [2.24, 2.45) is 0 Å². The molecule has 1 aromatic carbocycles. The van der Waals surface area contributed by atoms with Crippen molar-refractivity contribution in [3.8, 4) is 5.69 Å². The lowest BCUT2D eigenvalue weighted by Gasteiger charge is -2.38. The minimum atomic E-state index is 0.130. The zero-order valence-corrected chi connectivity index (χ0v) is 18.0. The van der Waals surface area contributed by atoms with Crippen LogP contribution in [0.5, 0.6) is 0 Å².